The van der Waals surface area contributed by atoms with E-state index in [1.54, 1.807) is 0 Å². The van der Waals surface area contributed by atoms with Crippen LogP contribution in [0.25, 0.3) is 0 Å². The summed E-state index contributed by atoms with van der Waals surface area (Å²) in [5, 5.41) is 3.72. The van der Waals surface area contributed by atoms with Crippen LogP contribution in [0.2, 0.25) is 0 Å². The summed E-state index contributed by atoms with van der Waals surface area (Å²) in [6.07, 6.45) is 1.14. The van der Waals surface area contributed by atoms with E-state index in [4.69, 9.17) is 0 Å². The minimum absolute atomic E-state index is 0.339. The molecular weight excluding hydrogens is 220 g/mol. The molecule has 2 atom stereocenters. The second kappa shape index (κ2) is 5.41. The lowest BCUT2D eigenvalue weighted by molar-refractivity contribution is 0.108. The van der Waals surface area contributed by atoms with E-state index in [-0.39, 0.29) is 0 Å². The maximum Gasteiger partial charge on any atom is 0.0258 e. The predicted molar refractivity (Wildman–Crippen MR) is 77.8 cm³/mol. The van der Waals surface area contributed by atoms with Crippen LogP contribution in [0.4, 0.5) is 0 Å². The molecule has 0 aromatic heterocycles. The Kier molecular flexibility index (Phi) is 4.08. The van der Waals surface area contributed by atoms with Gasteiger partial charge in [0, 0.05) is 25.2 Å². The quantitative estimate of drug-likeness (QED) is 0.863. The Morgan fingerprint density at radius 1 is 1.22 bits per heavy atom. The molecule has 2 rings (SSSR count). The predicted octanol–water partition coefficient (Wildman–Crippen LogP) is 2.55. The lowest BCUT2D eigenvalue weighted by atomic mass is 9.84. The molecule has 18 heavy (non-hydrogen) atoms. The summed E-state index contributed by atoms with van der Waals surface area (Å²) >= 11 is 0. The molecule has 100 valence electrons. The van der Waals surface area contributed by atoms with E-state index in [2.05, 4.69) is 68.4 Å². The number of piperazine rings is 1. The van der Waals surface area contributed by atoms with Crippen LogP contribution < -0.4 is 5.32 Å². The van der Waals surface area contributed by atoms with Crippen LogP contribution in [-0.2, 0) is 6.42 Å². The number of benzene rings is 1. The van der Waals surface area contributed by atoms with Gasteiger partial charge < -0.3 is 10.2 Å². The zero-order valence-corrected chi connectivity index (χ0v) is 12.1. The number of rotatable bonds is 2. The van der Waals surface area contributed by atoms with Crippen molar-refractivity contribution >= 4 is 0 Å². The Hall–Kier alpha value is -0.860. The molecule has 1 aromatic carbocycles. The number of hydrogen-bond acceptors (Lipinski definition) is 2. The molecule has 1 aliphatic rings. The van der Waals surface area contributed by atoms with E-state index < -0.39 is 0 Å². The Labute approximate surface area is 111 Å². The minimum atomic E-state index is 0.339. The molecule has 2 unspecified atom stereocenters. The highest BCUT2D eigenvalue weighted by Gasteiger charge is 2.32. The molecule has 1 aromatic rings. The molecule has 0 aliphatic carbocycles. The maximum absolute atomic E-state index is 3.72. The molecule has 1 heterocycles. The minimum Gasteiger partial charge on any atom is -0.311 e. The van der Waals surface area contributed by atoms with Gasteiger partial charge in [0.15, 0.2) is 0 Å². The van der Waals surface area contributed by atoms with E-state index in [0.29, 0.717) is 17.5 Å². The number of hydrogen-bond donors (Lipinski definition) is 1. The van der Waals surface area contributed by atoms with Gasteiger partial charge in [0.05, 0.1) is 0 Å². The fourth-order valence-corrected chi connectivity index (χ4v) is 2.63. The van der Waals surface area contributed by atoms with E-state index in [9.17, 15) is 0 Å². The van der Waals surface area contributed by atoms with Crippen molar-refractivity contribution in [3.63, 3.8) is 0 Å². The van der Waals surface area contributed by atoms with Crippen molar-refractivity contribution < 1.29 is 0 Å². The van der Waals surface area contributed by atoms with Crippen molar-refractivity contribution in [1.82, 2.24) is 10.2 Å². The first-order chi connectivity index (χ1) is 8.47. The standard InChI is InChI=1S/C16H26N2/c1-16(2,3)15-12-18(4)14(11-17-15)10-13-8-6-5-7-9-13/h5-9,14-15,17H,10-12H2,1-4H3. The van der Waals surface area contributed by atoms with E-state index in [0.717, 1.165) is 19.5 Å². The first kappa shape index (κ1) is 13.6. The Morgan fingerprint density at radius 2 is 1.89 bits per heavy atom. The molecule has 0 amide bonds. The van der Waals surface area contributed by atoms with Gasteiger partial charge >= 0.3 is 0 Å². The van der Waals surface area contributed by atoms with E-state index in [1.165, 1.54) is 5.56 Å². The summed E-state index contributed by atoms with van der Waals surface area (Å²) in [6.45, 7) is 9.18. The van der Waals surface area contributed by atoms with Gasteiger partial charge in [-0.05, 0) is 24.4 Å². The second-order valence-electron chi connectivity index (χ2n) is 6.61. The van der Waals surface area contributed by atoms with Gasteiger partial charge in [-0.2, -0.15) is 0 Å². The largest absolute Gasteiger partial charge is 0.311 e. The lowest BCUT2D eigenvalue weighted by Gasteiger charge is -2.43. The third-order valence-electron chi connectivity index (χ3n) is 4.05. The van der Waals surface area contributed by atoms with Gasteiger partial charge in [0.2, 0.25) is 0 Å². The highest BCUT2D eigenvalue weighted by atomic mass is 15.2. The zero-order chi connectivity index (χ0) is 13.2. The van der Waals surface area contributed by atoms with E-state index >= 15 is 0 Å². The normalized spacial score (nSPS) is 26.2. The molecule has 2 heteroatoms. The molecule has 0 radical (unpaired) electrons. The van der Waals surface area contributed by atoms with Crippen LogP contribution in [0, 0.1) is 5.41 Å². The SMILES string of the molecule is CN1CC(C(C)(C)C)NCC1Cc1ccccc1. The first-order valence-corrected chi connectivity index (χ1v) is 6.94. The van der Waals surface area contributed by atoms with Gasteiger partial charge in [-0.25, -0.2) is 0 Å². The van der Waals surface area contributed by atoms with Crippen LogP contribution >= 0.6 is 0 Å². The highest BCUT2D eigenvalue weighted by molar-refractivity contribution is 5.16. The summed E-state index contributed by atoms with van der Waals surface area (Å²) < 4.78 is 0. The van der Waals surface area contributed by atoms with Crippen LogP contribution in [0.5, 0.6) is 0 Å². The fourth-order valence-electron chi connectivity index (χ4n) is 2.63. The van der Waals surface area contributed by atoms with Crippen molar-refractivity contribution in [2.75, 3.05) is 20.1 Å². The maximum atomic E-state index is 3.72. The van der Waals surface area contributed by atoms with Crippen LogP contribution in [-0.4, -0.2) is 37.1 Å². The highest BCUT2D eigenvalue weighted by Crippen LogP contribution is 2.23. The van der Waals surface area contributed by atoms with Gasteiger partial charge in [-0.1, -0.05) is 51.1 Å². The lowest BCUT2D eigenvalue weighted by Crippen LogP contribution is -2.59. The van der Waals surface area contributed by atoms with E-state index in [1.807, 2.05) is 0 Å². The molecule has 2 nitrogen and oxygen atoms in total. The van der Waals surface area contributed by atoms with Gasteiger partial charge in [-0.3, -0.25) is 0 Å². The van der Waals surface area contributed by atoms with Crippen LogP contribution in [0.3, 0.4) is 0 Å². The van der Waals surface area contributed by atoms with Crippen molar-refractivity contribution in [1.29, 1.82) is 0 Å². The number of nitrogens with zero attached hydrogens (tertiary/aromatic N) is 1. The summed E-state index contributed by atoms with van der Waals surface area (Å²) in [6, 6.07) is 12.0. The summed E-state index contributed by atoms with van der Waals surface area (Å²) in [7, 11) is 2.26. The van der Waals surface area contributed by atoms with Gasteiger partial charge in [0.25, 0.3) is 0 Å². The summed E-state index contributed by atoms with van der Waals surface area (Å²) in [5.74, 6) is 0. The molecule has 1 N–H and O–H groups in total. The molecule has 0 spiro atoms. The topological polar surface area (TPSA) is 15.3 Å². The smallest absolute Gasteiger partial charge is 0.0258 e. The van der Waals surface area contributed by atoms with Crippen molar-refractivity contribution in [3.05, 3.63) is 35.9 Å². The van der Waals surface area contributed by atoms with Crippen molar-refractivity contribution in [2.45, 2.75) is 39.3 Å². The zero-order valence-electron chi connectivity index (χ0n) is 12.1. The number of nitrogens with one attached hydrogen (secondary N) is 1. The average Bonchev–Trinajstić information content (AvgIpc) is 2.32. The molecular formula is C16H26N2. The number of likely N-dealkylation sites (N-methyl/N-ethyl adjacent to an activating group) is 1. The molecule has 0 bridgehead atoms. The van der Waals surface area contributed by atoms with Crippen LogP contribution in [0.1, 0.15) is 26.3 Å². The van der Waals surface area contributed by atoms with Gasteiger partial charge in [0.1, 0.15) is 0 Å². The van der Waals surface area contributed by atoms with Gasteiger partial charge in [-0.15, -0.1) is 0 Å². The third-order valence-corrected chi connectivity index (χ3v) is 4.05. The fraction of sp³-hybridized carbons (Fsp3) is 0.625. The first-order valence-electron chi connectivity index (χ1n) is 6.94. The Morgan fingerprint density at radius 3 is 2.44 bits per heavy atom. The third kappa shape index (κ3) is 3.33. The van der Waals surface area contributed by atoms with Crippen molar-refractivity contribution in [3.8, 4) is 0 Å². The van der Waals surface area contributed by atoms with Crippen molar-refractivity contribution in [2.24, 2.45) is 5.41 Å². The molecule has 0 saturated carbocycles. The second-order valence-corrected chi connectivity index (χ2v) is 6.61. The Balaban J connectivity index is 1.94. The molecule has 1 fully saturated rings. The average molecular weight is 246 g/mol. The summed E-state index contributed by atoms with van der Waals surface area (Å²) in [4.78, 5) is 2.51. The molecule has 1 saturated heterocycles. The summed E-state index contributed by atoms with van der Waals surface area (Å²) in [5.41, 5.74) is 1.77. The monoisotopic (exact) mass is 246 g/mol. The Bertz CT molecular complexity index is 366. The molecule has 1 aliphatic heterocycles. The van der Waals surface area contributed by atoms with Crippen LogP contribution in [0.15, 0.2) is 30.3 Å².